The van der Waals surface area contributed by atoms with Crippen molar-refractivity contribution >= 4 is 16.9 Å². The highest BCUT2D eigenvalue weighted by Gasteiger charge is 2.11. The van der Waals surface area contributed by atoms with Crippen LogP contribution in [0.15, 0.2) is 48.5 Å². The van der Waals surface area contributed by atoms with E-state index < -0.39 is 0 Å². The number of ether oxygens (including phenoxy) is 3. The van der Waals surface area contributed by atoms with Gasteiger partial charge >= 0.3 is 0 Å². The van der Waals surface area contributed by atoms with E-state index in [0.29, 0.717) is 19.6 Å². The van der Waals surface area contributed by atoms with Gasteiger partial charge in [0, 0.05) is 32.7 Å². The van der Waals surface area contributed by atoms with Crippen LogP contribution < -0.4 is 14.8 Å². The summed E-state index contributed by atoms with van der Waals surface area (Å²) < 4.78 is 18.1. The Labute approximate surface area is 177 Å². The van der Waals surface area contributed by atoms with Gasteiger partial charge in [-0.25, -0.2) is 4.98 Å². The van der Waals surface area contributed by atoms with Gasteiger partial charge in [-0.2, -0.15) is 0 Å². The molecule has 0 aliphatic heterocycles. The fourth-order valence-corrected chi connectivity index (χ4v) is 3.31. The SMILES string of the molecule is COCC(=O)NCCc1nc2ccccc2n1CCCCOc1cccc(OC)c1. The highest BCUT2D eigenvalue weighted by molar-refractivity contribution is 5.77. The number of aromatic nitrogens is 2. The van der Waals surface area contributed by atoms with Gasteiger partial charge in [0.25, 0.3) is 0 Å². The summed E-state index contributed by atoms with van der Waals surface area (Å²) in [5.41, 5.74) is 2.09. The predicted molar refractivity (Wildman–Crippen MR) is 116 cm³/mol. The molecule has 0 unspecified atom stereocenters. The normalized spacial score (nSPS) is 10.9. The molecule has 1 N–H and O–H groups in total. The van der Waals surface area contributed by atoms with E-state index in [1.165, 1.54) is 7.11 Å². The Morgan fingerprint density at radius 1 is 1.07 bits per heavy atom. The van der Waals surface area contributed by atoms with Gasteiger partial charge in [0.05, 0.1) is 24.8 Å². The molecule has 7 nitrogen and oxygen atoms in total. The number of nitrogens with zero attached hydrogens (tertiary/aromatic N) is 2. The van der Waals surface area contributed by atoms with Crippen molar-refractivity contribution < 1.29 is 19.0 Å². The molecule has 1 aromatic heterocycles. The number of benzene rings is 2. The second kappa shape index (κ2) is 11.2. The van der Waals surface area contributed by atoms with Gasteiger partial charge in [-0.05, 0) is 37.1 Å². The zero-order valence-electron chi connectivity index (χ0n) is 17.6. The lowest BCUT2D eigenvalue weighted by molar-refractivity contribution is -0.124. The molecule has 160 valence electrons. The van der Waals surface area contributed by atoms with Gasteiger partial charge < -0.3 is 24.1 Å². The summed E-state index contributed by atoms with van der Waals surface area (Å²) in [4.78, 5) is 16.4. The lowest BCUT2D eigenvalue weighted by Crippen LogP contribution is -2.29. The Kier molecular flexibility index (Phi) is 8.09. The standard InChI is InChI=1S/C23H29N3O4/c1-28-17-23(27)24-13-12-22-25-20-10-3-4-11-21(20)26(22)14-5-6-15-30-19-9-7-8-18(16-19)29-2/h3-4,7-11,16H,5-6,12-15,17H2,1-2H3,(H,24,27). The van der Waals surface area contributed by atoms with E-state index in [-0.39, 0.29) is 12.5 Å². The van der Waals surface area contributed by atoms with Crippen molar-refractivity contribution in [3.8, 4) is 11.5 Å². The molecular weight excluding hydrogens is 382 g/mol. The van der Waals surface area contributed by atoms with Crippen molar-refractivity contribution in [1.29, 1.82) is 0 Å². The molecule has 0 fully saturated rings. The van der Waals surface area contributed by atoms with Crippen LogP contribution in [0, 0.1) is 0 Å². The molecule has 30 heavy (non-hydrogen) atoms. The lowest BCUT2D eigenvalue weighted by Gasteiger charge is -2.11. The summed E-state index contributed by atoms with van der Waals surface area (Å²) in [6.45, 7) is 2.10. The van der Waals surface area contributed by atoms with Gasteiger partial charge in [0.15, 0.2) is 0 Å². The Balaban J connectivity index is 1.54. The second-order valence-electron chi connectivity index (χ2n) is 6.94. The van der Waals surface area contributed by atoms with Crippen molar-refractivity contribution in [2.45, 2.75) is 25.8 Å². The van der Waals surface area contributed by atoms with Gasteiger partial charge in [-0.15, -0.1) is 0 Å². The first-order chi connectivity index (χ1) is 14.7. The number of hydrogen-bond acceptors (Lipinski definition) is 5. The predicted octanol–water partition coefficient (Wildman–Crippen LogP) is 3.21. The number of rotatable bonds is 12. The van der Waals surface area contributed by atoms with Crippen molar-refractivity contribution in [2.24, 2.45) is 0 Å². The summed E-state index contributed by atoms with van der Waals surface area (Å²) in [5.74, 6) is 2.46. The molecule has 0 atom stereocenters. The van der Waals surface area contributed by atoms with E-state index >= 15 is 0 Å². The van der Waals surface area contributed by atoms with Crippen LogP contribution in [0.25, 0.3) is 11.0 Å². The summed E-state index contributed by atoms with van der Waals surface area (Å²) in [6, 6.07) is 15.8. The molecule has 2 aromatic carbocycles. The quantitative estimate of drug-likeness (QED) is 0.463. The molecular formula is C23H29N3O4. The molecule has 0 radical (unpaired) electrons. The van der Waals surface area contributed by atoms with Crippen LogP contribution >= 0.6 is 0 Å². The number of para-hydroxylation sites is 2. The first kappa shape index (κ1) is 21.6. The summed E-state index contributed by atoms with van der Waals surface area (Å²) in [5, 5.41) is 2.86. The van der Waals surface area contributed by atoms with Crippen molar-refractivity contribution in [3.05, 3.63) is 54.4 Å². The van der Waals surface area contributed by atoms with E-state index in [0.717, 1.165) is 47.7 Å². The maximum atomic E-state index is 11.6. The number of unbranched alkanes of at least 4 members (excludes halogenated alkanes) is 1. The number of imidazole rings is 1. The Hall–Kier alpha value is -3.06. The van der Waals surface area contributed by atoms with Crippen molar-refractivity contribution in [1.82, 2.24) is 14.9 Å². The molecule has 3 rings (SSSR count). The first-order valence-corrected chi connectivity index (χ1v) is 10.2. The number of carbonyl (C=O) groups is 1. The highest BCUT2D eigenvalue weighted by atomic mass is 16.5. The maximum Gasteiger partial charge on any atom is 0.245 e. The van der Waals surface area contributed by atoms with E-state index in [9.17, 15) is 4.79 Å². The minimum atomic E-state index is -0.116. The molecule has 0 spiro atoms. The van der Waals surface area contributed by atoms with Crippen LogP contribution in [-0.2, 0) is 22.5 Å². The van der Waals surface area contributed by atoms with E-state index in [1.54, 1.807) is 7.11 Å². The zero-order chi connectivity index (χ0) is 21.2. The molecule has 0 bridgehead atoms. The number of aryl methyl sites for hydroxylation is 1. The summed E-state index contributed by atoms with van der Waals surface area (Å²) >= 11 is 0. The average Bonchev–Trinajstić information content (AvgIpc) is 3.11. The minimum Gasteiger partial charge on any atom is -0.497 e. The van der Waals surface area contributed by atoms with Gasteiger partial charge in [-0.1, -0.05) is 18.2 Å². The highest BCUT2D eigenvalue weighted by Crippen LogP contribution is 2.20. The Morgan fingerprint density at radius 2 is 1.90 bits per heavy atom. The molecule has 0 saturated carbocycles. The largest absolute Gasteiger partial charge is 0.497 e. The van der Waals surface area contributed by atoms with E-state index in [4.69, 9.17) is 19.2 Å². The van der Waals surface area contributed by atoms with Crippen LogP contribution in [0.3, 0.4) is 0 Å². The number of nitrogens with one attached hydrogen (secondary N) is 1. The smallest absolute Gasteiger partial charge is 0.245 e. The van der Waals surface area contributed by atoms with Gasteiger partial charge in [0.2, 0.25) is 5.91 Å². The minimum absolute atomic E-state index is 0.0731. The van der Waals surface area contributed by atoms with Crippen LogP contribution in [0.5, 0.6) is 11.5 Å². The number of hydrogen-bond donors (Lipinski definition) is 1. The van der Waals surface area contributed by atoms with Gasteiger partial charge in [0.1, 0.15) is 23.9 Å². The summed E-state index contributed by atoms with van der Waals surface area (Å²) in [6.07, 6.45) is 2.56. The Morgan fingerprint density at radius 3 is 2.73 bits per heavy atom. The lowest BCUT2D eigenvalue weighted by atomic mass is 10.2. The van der Waals surface area contributed by atoms with E-state index in [1.807, 2.05) is 42.5 Å². The molecule has 1 amide bonds. The summed E-state index contributed by atoms with van der Waals surface area (Å²) in [7, 11) is 3.16. The third-order valence-corrected chi connectivity index (χ3v) is 4.77. The third-order valence-electron chi connectivity index (χ3n) is 4.77. The number of fused-ring (bicyclic) bond motifs is 1. The third kappa shape index (κ3) is 5.97. The Bertz CT molecular complexity index is 955. The molecule has 0 aliphatic carbocycles. The number of carbonyl (C=O) groups excluding carboxylic acids is 1. The first-order valence-electron chi connectivity index (χ1n) is 10.2. The van der Waals surface area contributed by atoms with Crippen LogP contribution in [-0.4, -0.2) is 49.4 Å². The topological polar surface area (TPSA) is 74.6 Å². The maximum absolute atomic E-state index is 11.6. The fourth-order valence-electron chi connectivity index (χ4n) is 3.31. The zero-order valence-corrected chi connectivity index (χ0v) is 17.6. The monoisotopic (exact) mass is 411 g/mol. The molecule has 7 heteroatoms. The average molecular weight is 412 g/mol. The molecule has 1 heterocycles. The van der Waals surface area contributed by atoms with E-state index in [2.05, 4.69) is 16.0 Å². The molecule has 0 aliphatic rings. The van der Waals surface area contributed by atoms with Crippen molar-refractivity contribution in [3.63, 3.8) is 0 Å². The number of amides is 1. The van der Waals surface area contributed by atoms with Crippen LogP contribution in [0.4, 0.5) is 0 Å². The van der Waals surface area contributed by atoms with Crippen LogP contribution in [0.1, 0.15) is 18.7 Å². The van der Waals surface area contributed by atoms with Crippen molar-refractivity contribution in [2.75, 3.05) is 34.0 Å². The second-order valence-corrected chi connectivity index (χ2v) is 6.94. The number of methoxy groups -OCH3 is 2. The van der Waals surface area contributed by atoms with Gasteiger partial charge in [-0.3, -0.25) is 4.79 Å². The molecule has 0 saturated heterocycles. The fraction of sp³-hybridized carbons (Fsp3) is 0.391. The van der Waals surface area contributed by atoms with Crippen LogP contribution in [0.2, 0.25) is 0 Å². The molecule has 3 aromatic rings.